The highest BCUT2D eigenvalue weighted by molar-refractivity contribution is 6.21. The molecule has 0 amide bonds. The summed E-state index contributed by atoms with van der Waals surface area (Å²) in [6.07, 6.45) is 1.66. The number of hydrogen-bond acceptors (Lipinski definition) is 4. The molecule has 6 rings (SSSR count). The summed E-state index contributed by atoms with van der Waals surface area (Å²) < 4.78 is 6.06. The number of H-pyrrole nitrogens is 1. The highest BCUT2D eigenvalue weighted by Crippen LogP contribution is 2.42. The molecule has 3 aromatic carbocycles. The van der Waals surface area contributed by atoms with Crippen molar-refractivity contribution in [3.05, 3.63) is 79.0 Å². The lowest BCUT2D eigenvalue weighted by atomic mass is 9.99. The van der Waals surface area contributed by atoms with Crippen molar-refractivity contribution >= 4 is 32.8 Å². The fraction of sp³-hybridized carbons (Fsp3) is 0. The quantitative estimate of drug-likeness (QED) is 0.436. The molecule has 28 heavy (non-hydrogen) atoms. The first kappa shape index (κ1) is 15.1. The van der Waals surface area contributed by atoms with Crippen LogP contribution in [0.4, 0.5) is 0 Å². The van der Waals surface area contributed by atoms with Gasteiger partial charge in [0.2, 0.25) is 0 Å². The molecule has 0 aliphatic carbocycles. The molecule has 132 valence electrons. The van der Waals surface area contributed by atoms with Gasteiger partial charge in [-0.05, 0) is 35.0 Å². The van der Waals surface area contributed by atoms with Crippen LogP contribution in [0.3, 0.4) is 0 Å². The number of nitrogens with one attached hydrogen (secondary N) is 1. The van der Waals surface area contributed by atoms with Crippen molar-refractivity contribution in [1.29, 1.82) is 0 Å². The zero-order valence-corrected chi connectivity index (χ0v) is 14.8. The van der Waals surface area contributed by atoms with Gasteiger partial charge < -0.3 is 9.40 Å². The van der Waals surface area contributed by atoms with E-state index >= 15 is 0 Å². The van der Waals surface area contributed by atoms with Gasteiger partial charge in [-0.15, -0.1) is 10.2 Å². The van der Waals surface area contributed by atoms with Gasteiger partial charge in [0.1, 0.15) is 16.9 Å². The van der Waals surface area contributed by atoms with E-state index in [0.717, 1.165) is 55.4 Å². The lowest BCUT2D eigenvalue weighted by molar-refractivity contribution is 0.669. The van der Waals surface area contributed by atoms with Crippen molar-refractivity contribution in [3.63, 3.8) is 0 Å². The van der Waals surface area contributed by atoms with E-state index in [1.165, 1.54) is 0 Å². The van der Waals surface area contributed by atoms with Gasteiger partial charge in [-0.1, -0.05) is 48.5 Å². The average molecular weight is 362 g/mol. The van der Waals surface area contributed by atoms with E-state index in [-0.39, 0.29) is 0 Å². The Morgan fingerprint density at radius 2 is 1.61 bits per heavy atom. The van der Waals surface area contributed by atoms with Crippen LogP contribution in [0, 0.1) is 0 Å². The molecular weight excluding hydrogens is 348 g/mol. The second-order valence-corrected chi connectivity index (χ2v) is 6.71. The van der Waals surface area contributed by atoms with E-state index in [1.54, 1.807) is 6.20 Å². The second kappa shape index (κ2) is 5.76. The summed E-state index contributed by atoms with van der Waals surface area (Å²) in [5, 5.41) is 15.2. The molecule has 3 heterocycles. The molecule has 0 radical (unpaired) electrons. The van der Waals surface area contributed by atoms with Crippen LogP contribution < -0.4 is 0 Å². The molecule has 0 aliphatic rings. The van der Waals surface area contributed by atoms with Gasteiger partial charge in [0.15, 0.2) is 0 Å². The number of nitrogens with zero attached hydrogens (tertiary/aromatic N) is 3. The zero-order chi connectivity index (χ0) is 18.5. The van der Waals surface area contributed by atoms with Crippen LogP contribution in [0.15, 0.2) is 83.4 Å². The molecule has 0 atom stereocenters. The second-order valence-electron chi connectivity index (χ2n) is 6.71. The summed E-state index contributed by atoms with van der Waals surface area (Å²) >= 11 is 0. The summed E-state index contributed by atoms with van der Waals surface area (Å²) in [7, 11) is 0. The van der Waals surface area contributed by atoms with Crippen molar-refractivity contribution in [1.82, 2.24) is 20.4 Å². The van der Waals surface area contributed by atoms with Gasteiger partial charge in [-0.3, -0.25) is 0 Å². The highest BCUT2D eigenvalue weighted by Gasteiger charge is 2.20. The van der Waals surface area contributed by atoms with Crippen LogP contribution >= 0.6 is 0 Å². The third-order valence-electron chi connectivity index (χ3n) is 5.13. The van der Waals surface area contributed by atoms with Gasteiger partial charge in [0.25, 0.3) is 0 Å². The Labute approximate surface area is 159 Å². The van der Waals surface area contributed by atoms with Crippen molar-refractivity contribution in [2.75, 3.05) is 0 Å². The molecule has 6 aromatic rings. The first-order valence-corrected chi connectivity index (χ1v) is 9.06. The number of rotatable bonds is 2. The van der Waals surface area contributed by atoms with Gasteiger partial charge in [-0.2, -0.15) is 0 Å². The minimum atomic E-state index is 0.756. The molecule has 0 saturated carbocycles. The molecule has 0 aliphatic heterocycles. The maximum absolute atomic E-state index is 6.06. The van der Waals surface area contributed by atoms with Crippen LogP contribution in [0.1, 0.15) is 0 Å². The third kappa shape index (κ3) is 2.10. The smallest absolute Gasteiger partial charge is 0.137 e. The van der Waals surface area contributed by atoms with Crippen LogP contribution in [-0.4, -0.2) is 20.4 Å². The molecule has 0 unspecified atom stereocenters. The lowest BCUT2D eigenvalue weighted by Gasteiger charge is -2.04. The molecule has 5 heteroatoms. The normalized spacial score (nSPS) is 11.6. The number of furan rings is 1. The van der Waals surface area contributed by atoms with Gasteiger partial charge in [0, 0.05) is 16.3 Å². The Kier molecular flexibility index (Phi) is 3.10. The molecule has 1 N–H and O–H groups in total. The minimum absolute atomic E-state index is 0.756. The lowest BCUT2D eigenvalue weighted by Crippen LogP contribution is -1.91. The van der Waals surface area contributed by atoms with E-state index in [2.05, 4.69) is 44.7 Å². The van der Waals surface area contributed by atoms with Gasteiger partial charge in [-0.25, -0.2) is 0 Å². The van der Waals surface area contributed by atoms with Crippen molar-refractivity contribution in [3.8, 4) is 22.5 Å². The number of benzene rings is 3. The molecular formula is C23H14N4O. The summed E-state index contributed by atoms with van der Waals surface area (Å²) in [5.74, 6) is 0. The largest absolute Gasteiger partial charge is 0.456 e. The van der Waals surface area contributed by atoms with Crippen LogP contribution in [0.2, 0.25) is 0 Å². The summed E-state index contributed by atoms with van der Waals surface area (Å²) in [6, 6.07) is 24.5. The van der Waals surface area contributed by atoms with Crippen molar-refractivity contribution in [2.24, 2.45) is 0 Å². The average Bonchev–Trinajstić information content (AvgIpc) is 3.33. The summed E-state index contributed by atoms with van der Waals surface area (Å²) in [6.45, 7) is 0. The van der Waals surface area contributed by atoms with Gasteiger partial charge in [0.05, 0.1) is 22.8 Å². The molecule has 5 nitrogen and oxygen atoms in total. The Bertz CT molecular complexity index is 1450. The van der Waals surface area contributed by atoms with Crippen LogP contribution in [0.25, 0.3) is 55.4 Å². The maximum Gasteiger partial charge on any atom is 0.137 e. The number of para-hydroxylation sites is 1. The van der Waals surface area contributed by atoms with Crippen LogP contribution in [0.5, 0.6) is 0 Å². The number of aromatic nitrogens is 4. The maximum atomic E-state index is 6.06. The van der Waals surface area contributed by atoms with E-state index in [9.17, 15) is 0 Å². The van der Waals surface area contributed by atoms with E-state index in [0.29, 0.717) is 0 Å². The highest BCUT2D eigenvalue weighted by atomic mass is 16.3. The van der Waals surface area contributed by atoms with Crippen molar-refractivity contribution in [2.45, 2.75) is 0 Å². The minimum Gasteiger partial charge on any atom is -0.456 e. The Morgan fingerprint density at radius 1 is 0.750 bits per heavy atom. The number of aromatic amines is 1. The van der Waals surface area contributed by atoms with E-state index < -0.39 is 0 Å². The molecule has 0 bridgehead atoms. The fourth-order valence-electron chi connectivity index (χ4n) is 3.95. The zero-order valence-electron chi connectivity index (χ0n) is 14.8. The van der Waals surface area contributed by atoms with Crippen molar-refractivity contribution < 1.29 is 4.42 Å². The molecule has 0 saturated heterocycles. The fourth-order valence-corrected chi connectivity index (χ4v) is 3.95. The van der Waals surface area contributed by atoms with E-state index in [1.807, 2.05) is 48.5 Å². The monoisotopic (exact) mass is 362 g/mol. The predicted octanol–water partition coefficient (Wildman–Crippen LogP) is 5.59. The third-order valence-corrected chi connectivity index (χ3v) is 5.13. The Hall–Kier alpha value is -3.99. The van der Waals surface area contributed by atoms with Crippen LogP contribution in [-0.2, 0) is 0 Å². The first-order valence-electron chi connectivity index (χ1n) is 9.06. The topological polar surface area (TPSA) is 67.6 Å². The standard InChI is InChI=1S/C23H14N4O/c1-2-6-14(7-3-1)20-16-10-11-19-21(15-8-4-5-9-18(15)28-19)22(16)25-23(20)17-12-13-24-27-26-17/h1-13,25H. The number of hydrogen-bond donors (Lipinski definition) is 1. The SMILES string of the molecule is c1ccc(-c2c(-c3ccnnn3)[nH]c3c2ccc2oc4ccccc4c23)cc1. The summed E-state index contributed by atoms with van der Waals surface area (Å²) in [5.41, 5.74) is 6.68. The predicted molar refractivity (Wildman–Crippen MR) is 110 cm³/mol. The first-order chi connectivity index (χ1) is 13.9. The van der Waals surface area contributed by atoms with Gasteiger partial charge >= 0.3 is 0 Å². The summed E-state index contributed by atoms with van der Waals surface area (Å²) in [4.78, 5) is 3.61. The van der Waals surface area contributed by atoms with E-state index in [4.69, 9.17) is 4.42 Å². The molecule has 0 fully saturated rings. The molecule has 0 spiro atoms. The Balaban J connectivity index is 1.80. The molecule has 3 aromatic heterocycles. The number of fused-ring (bicyclic) bond motifs is 5. The Morgan fingerprint density at radius 3 is 2.46 bits per heavy atom.